The van der Waals surface area contributed by atoms with Crippen LogP contribution in [-0.2, 0) is 7.05 Å². The topological polar surface area (TPSA) is 120 Å². The molecule has 1 amide bonds. The molecule has 1 saturated heterocycles. The predicted molar refractivity (Wildman–Crippen MR) is 175 cm³/mol. The molecule has 9 nitrogen and oxygen atoms in total. The summed E-state index contributed by atoms with van der Waals surface area (Å²) >= 11 is 1.64. The van der Waals surface area contributed by atoms with Gasteiger partial charge in [0.1, 0.15) is 17.4 Å². The van der Waals surface area contributed by atoms with Gasteiger partial charge in [0.25, 0.3) is 11.5 Å². The summed E-state index contributed by atoms with van der Waals surface area (Å²) in [6.07, 6.45) is 8.72. The summed E-state index contributed by atoms with van der Waals surface area (Å²) in [6, 6.07) is 9.61. The molecular weight excluding hydrogens is 558 g/mol. The van der Waals surface area contributed by atoms with Crippen LogP contribution < -0.4 is 16.6 Å². The first-order valence-corrected chi connectivity index (χ1v) is 15.9. The minimum Gasteiger partial charge on any atom is -0.384 e. The minimum atomic E-state index is -0.271. The van der Waals surface area contributed by atoms with Crippen LogP contribution in [0.15, 0.2) is 58.5 Å². The number of nitrogens with zero attached hydrogens (tertiary/aromatic N) is 4. The molecule has 1 saturated carbocycles. The molecular formula is C33H39N7O2S. The normalized spacial score (nSPS) is 20.2. The van der Waals surface area contributed by atoms with Gasteiger partial charge in [0.05, 0.1) is 4.88 Å². The summed E-state index contributed by atoms with van der Waals surface area (Å²) in [5.41, 5.74) is 10.8. The minimum absolute atomic E-state index is 0.0813. The van der Waals surface area contributed by atoms with Gasteiger partial charge in [-0.25, -0.2) is 4.99 Å². The van der Waals surface area contributed by atoms with Crippen LogP contribution in [0.25, 0.3) is 11.1 Å². The summed E-state index contributed by atoms with van der Waals surface area (Å²) in [6.45, 7) is 8.58. The van der Waals surface area contributed by atoms with Crippen molar-refractivity contribution in [1.29, 1.82) is 5.41 Å². The van der Waals surface area contributed by atoms with Crippen molar-refractivity contribution in [2.45, 2.75) is 44.9 Å². The van der Waals surface area contributed by atoms with Gasteiger partial charge in [-0.1, -0.05) is 19.1 Å². The Morgan fingerprint density at radius 3 is 2.67 bits per heavy atom. The molecule has 3 aromatic rings. The number of fused-ring (bicyclic) bond motifs is 5. The molecule has 3 aliphatic rings. The van der Waals surface area contributed by atoms with Gasteiger partial charge in [0.15, 0.2) is 0 Å². The van der Waals surface area contributed by atoms with Crippen molar-refractivity contribution in [2.24, 2.45) is 17.8 Å². The number of carbonyl (C=O) groups is 1. The molecule has 2 bridgehead atoms. The molecule has 2 aromatic heterocycles. The average molecular weight is 598 g/mol. The second kappa shape index (κ2) is 11.9. The molecule has 43 heavy (non-hydrogen) atoms. The highest BCUT2D eigenvalue weighted by atomic mass is 32.1. The second-order valence-electron chi connectivity index (χ2n) is 11.8. The summed E-state index contributed by atoms with van der Waals surface area (Å²) < 4.78 is 1.49. The zero-order valence-electron chi connectivity index (χ0n) is 25.0. The van der Waals surface area contributed by atoms with Gasteiger partial charge in [-0.2, -0.15) is 0 Å². The van der Waals surface area contributed by atoms with Crippen LogP contribution in [0.1, 0.15) is 63.7 Å². The number of benzene rings is 1. The molecule has 10 heteroatoms. The smallest absolute Gasteiger partial charge is 0.276 e. The van der Waals surface area contributed by atoms with Crippen molar-refractivity contribution >= 4 is 40.3 Å². The Morgan fingerprint density at radius 2 is 1.93 bits per heavy atom. The van der Waals surface area contributed by atoms with E-state index >= 15 is 0 Å². The molecule has 2 aliphatic carbocycles. The van der Waals surface area contributed by atoms with E-state index in [0.29, 0.717) is 17.7 Å². The Kier molecular flexibility index (Phi) is 8.07. The van der Waals surface area contributed by atoms with Gasteiger partial charge in [0.2, 0.25) is 0 Å². The van der Waals surface area contributed by atoms with E-state index in [1.165, 1.54) is 34.3 Å². The van der Waals surface area contributed by atoms with Crippen molar-refractivity contribution in [3.05, 3.63) is 79.9 Å². The number of rotatable bonds is 7. The van der Waals surface area contributed by atoms with E-state index in [2.05, 4.69) is 28.2 Å². The highest BCUT2D eigenvalue weighted by Gasteiger charge is 2.39. The number of nitrogens with one attached hydrogen (secondary N) is 2. The van der Waals surface area contributed by atoms with E-state index in [-0.39, 0.29) is 23.0 Å². The van der Waals surface area contributed by atoms with Gasteiger partial charge in [0, 0.05) is 55.6 Å². The Hall–Kier alpha value is -4.02. The number of amidine groups is 2. The Balaban J connectivity index is 1.20. The number of aliphatic imine (C=N–C) groups is 1. The number of hydrogen-bond acceptors (Lipinski definition) is 6. The molecule has 1 aromatic carbocycles. The lowest BCUT2D eigenvalue weighted by Gasteiger charge is -2.34. The third kappa shape index (κ3) is 5.81. The molecule has 1 aliphatic heterocycles. The number of anilines is 1. The van der Waals surface area contributed by atoms with Gasteiger partial charge in [-0.3, -0.25) is 15.0 Å². The summed E-state index contributed by atoms with van der Waals surface area (Å²) in [5, 5.41) is 11.5. The highest BCUT2D eigenvalue weighted by Crippen LogP contribution is 2.56. The first-order valence-electron chi connectivity index (χ1n) is 15.1. The van der Waals surface area contributed by atoms with Crippen LogP contribution in [0.5, 0.6) is 0 Å². The van der Waals surface area contributed by atoms with E-state index in [9.17, 15) is 9.59 Å². The zero-order chi connectivity index (χ0) is 30.2. The molecule has 4 N–H and O–H groups in total. The first-order chi connectivity index (χ1) is 20.7. The van der Waals surface area contributed by atoms with E-state index in [0.717, 1.165) is 60.0 Å². The molecule has 2 fully saturated rings. The van der Waals surface area contributed by atoms with Crippen molar-refractivity contribution in [2.75, 3.05) is 38.0 Å². The van der Waals surface area contributed by atoms with Gasteiger partial charge < -0.3 is 25.4 Å². The van der Waals surface area contributed by atoms with Crippen molar-refractivity contribution in [1.82, 2.24) is 14.4 Å². The van der Waals surface area contributed by atoms with E-state index in [1.807, 2.05) is 30.0 Å². The number of hydrogen-bond donors (Lipinski definition) is 3. The van der Waals surface area contributed by atoms with E-state index in [4.69, 9.17) is 11.1 Å². The van der Waals surface area contributed by atoms with Gasteiger partial charge in [-0.05, 0) is 91.6 Å². The molecule has 3 heterocycles. The SMILES string of the molecule is CCN1CCN(C(=N)/C=C\C(N)=Nc2cc(-c3cccc(NC(=O)c4cc5c(s4)C4CCC5C4)c3C)cn(C)c2=O)CC1. The predicted octanol–water partition coefficient (Wildman–Crippen LogP) is 5.20. The van der Waals surface area contributed by atoms with Crippen LogP contribution in [0, 0.1) is 12.3 Å². The van der Waals surface area contributed by atoms with Crippen LogP contribution in [0.2, 0.25) is 0 Å². The lowest BCUT2D eigenvalue weighted by atomic mass is 9.98. The molecule has 0 radical (unpaired) electrons. The quantitative estimate of drug-likeness (QED) is 0.256. The maximum absolute atomic E-state index is 13.3. The fraction of sp³-hybridized carbons (Fsp3) is 0.394. The number of nitrogens with two attached hydrogens (primary N) is 1. The first kappa shape index (κ1) is 29.1. The lowest BCUT2D eigenvalue weighted by Crippen LogP contribution is -2.47. The second-order valence-corrected chi connectivity index (χ2v) is 12.9. The fourth-order valence-electron chi connectivity index (χ4n) is 6.61. The van der Waals surface area contributed by atoms with Gasteiger partial charge >= 0.3 is 0 Å². The number of amides is 1. The summed E-state index contributed by atoms with van der Waals surface area (Å²) in [5.74, 6) is 1.71. The maximum Gasteiger partial charge on any atom is 0.276 e. The van der Waals surface area contributed by atoms with E-state index in [1.54, 1.807) is 42.8 Å². The van der Waals surface area contributed by atoms with Crippen molar-refractivity contribution in [3.8, 4) is 11.1 Å². The lowest BCUT2D eigenvalue weighted by molar-refractivity contribution is 0.103. The van der Waals surface area contributed by atoms with Crippen molar-refractivity contribution < 1.29 is 4.79 Å². The largest absolute Gasteiger partial charge is 0.384 e. The third-order valence-electron chi connectivity index (χ3n) is 9.14. The molecule has 6 rings (SSSR count). The Labute approximate surface area is 256 Å². The van der Waals surface area contributed by atoms with Crippen LogP contribution >= 0.6 is 11.3 Å². The van der Waals surface area contributed by atoms with Gasteiger partial charge in [-0.15, -0.1) is 11.3 Å². The summed E-state index contributed by atoms with van der Waals surface area (Å²) in [4.78, 5) is 37.2. The number of aromatic nitrogens is 1. The number of carbonyl (C=O) groups excluding carboxylic acids is 1. The molecule has 2 atom stereocenters. The fourth-order valence-corrected chi connectivity index (χ4v) is 7.90. The monoisotopic (exact) mass is 597 g/mol. The molecule has 2 unspecified atom stereocenters. The Bertz CT molecular complexity index is 1670. The zero-order valence-corrected chi connectivity index (χ0v) is 25.8. The third-order valence-corrected chi connectivity index (χ3v) is 10.4. The Morgan fingerprint density at radius 1 is 1.16 bits per heavy atom. The standard InChI is InChI=1S/C33H39N7O2S/c1-4-39-12-14-40(15-13-39)30(35)11-10-29(34)36-27-17-23(19-38(3)33(27)42)24-6-5-7-26(20(24)2)37-32(41)28-18-25-21-8-9-22(16-21)31(25)43-28/h5-7,10-11,17-19,21-22,35H,4,8-9,12-16H2,1-3H3,(H2,34,36)(H,37,41)/b11-10-,35-30?. The average Bonchev–Trinajstić information content (AvgIpc) is 3.74. The molecule has 0 spiro atoms. The summed E-state index contributed by atoms with van der Waals surface area (Å²) in [7, 11) is 1.69. The number of aryl methyl sites for hydroxylation is 1. The van der Waals surface area contributed by atoms with Crippen LogP contribution in [0.3, 0.4) is 0 Å². The van der Waals surface area contributed by atoms with Crippen LogP contribution in [0.4, 0.5) is 11.4 Å². The maximum atomic E-state index is 13.3. The number of thiophene rings is 1. The number of pyridine rings is 1. The number of likely N-dealkylation sites (N-methyl/N-ethyl adjacent to an activating group) is 1. The van der Waals surface area contributed by atoms with E-state index < -0.39 is 0 Å². The molecule has 224 valence electrons. The van der Waals surface area contributed by atoms with Crippen molar-refractivity contribution in [3.63, 3.8) is 0 Å². The van der Waals surface area contributed by atoms with Crippen LogP contribution in [-0.4, -0.2) is 64.7 Å². The highest BCUT2D eigenvalue weighted by molar-refractivity contribution is 7.14. The number of piperazine rings is 1.